The second-order valence-electron chi connectivity index (χ2n) is 6.68. The number of piperazine rings is 1. The molecule has 1 saturated heterocycles. The van der Waals surface area contributed by atoms with Crippen LogP contribution in [0, 0.1) is 0 Å². The molecule has 1 fully saturated rings. The molecular formula is C20H22ClN3O4. The summed E-state index contributed by atoms with van der Waals surface area (Å²) < 4.78 is 5.26. The lowest BCUT2D eigenvalue weighted by Gasteiger charge is -2.34. The zero-order valence-electron chi connectivity index (χ0n) is 15.7. The highest BCUT2D eigenvalue weighted by Crippen LogP contribution is 2.21. The van der Waals surface area contributed by atoms with E-state index in [2.05, 4.69) is 4.98 Å². The van der Waals surface area contributed by atoms with E-state index in [1.165, 1.54) is 6.92 Å². The van der Waals surface area contributed by atoms with Crippen molar-refractivity contribution < 1.29 is 19.1 Å². The van der Waals surface area contributed by atoms with E-state index in [-0.39, 0.29) is 31.3 Å². The highest BCUT2D eigenvalue weighted by molar-refractivity contribution is 6.30. The summed E-state index contributed by atoms with van der Waals surface area (Å²) in [6, 6.07) is 9.39. The largest absolute Gasteiger partial charge is 0.461 e. The highest BCUT2D eigenvalue weighted by Gasteiger charge is 2.22. The topological polar surface area (TPSA) is 79.8 Å². The number of para-hydroxylation sites is 1. The monoisotopic (exact) mass is 403 g/mol. The van der Waals surface area contributed by atoms with Gasteiger partial charge in [0.2, 0.25) is 11.8 Å². The summed E-state index contributed by atoms with van der Waals surface area (Å²) >= 11 is 6.16. The predicted molar refractivity (Wildman–Crippen MR) is 105 cm³/mol. The van der Waals surface area contributed by atoms with E-state index in [4.69, 9.17) is 16.3 Å². The molecule has 0 spiro atoms. The van der Waals surface area contributed by atoms with Crippen molar-refractivity contribution in [1.82, 2.24) is 14.8 Å². The van der Waals surface area contributed by atoms with Crippen LogP contribution in [0.3, 0.4) is 0 Å². The number of ether oxygens (including phenoxy) is 1. The first-order chi connectivity index (χ1) is 13.4. The average Bonchev–Trinajstić information content (AvgIpc) is 2.70. The van der Waals surface area contributed by atoms with Gasteiger partial charge in [0.1, 0.15) is 11.8 Å². The van der Waals surface area contributed by atoms with E-state index < -0.39 is 5.97 Å². The second kappa shape index (κ2) is 9.01. The van der Waals surface area contributed by atoms with Gasteiger partial charge in [-0.25, -0.2) is 4.98 Å². The van der Waals surface area contributed by atoms with Crippen LogP contribution < -0.4 is 0 Å². The van der Waals surface area contributed by atoms with Crippen molar-refractivity contribution in [3.8, 4) is 0 Å². The van der Waals surface area contributed by atoms with Crippen molar-refractivity contribution in [2.75, 3.05) is 26.2 Å². The molecule has 0 bridgehead atoms. The Hall–Kier alpha value is -2.67. The van der Waals surface area contributed by atoms with Gasteiger partial charge in [0.15, 0.2) is 0 Å². The molecule has 1 aromatic heterocycles. The summed E-state index contributed by atoms with van der Waals surface area (Å²) in [7, 11) is 0. The molecule has 148 valence electrons. The van der Waals surface area contributed by atoms with Crippen LogP contribution in [0.2, 0.25) is 5.15 Å². The lowest BCUT2D eigenvalue weighted by Crippen LogP contribution is -2.50. The van der Waals surface area contributed by atoms with Gasteiger partial charge in [0.05, 0.1) is 11.9 Å². The van der Waals surface area contributed by atoms with Gasteiger partial charge in [0.25, 0.3) is 0 Å². The number of halogens is 1. The first-order valence-corrected chi connectivity index (χ1v) is 9.55. The van der Waals surface area contributed by atoms with Crippen LogP contribution in [0.5, 0.6) is 0 Å². The Kier molecular flexibility index (Phi) is 6.46. The number of nitrogens with zero attached hydrogens (tertiary/aromatic N) is 3. The number of benzene rings is 1. The van der Waals surface area contributed by atoms with Crippen molar-refractivity contribution in [3.63, 3.8) is 0 Å². The quantitative estimate of drug-likeness (QED) is 0.565. The third-order valence-corrected chi connectivity index (χ3v) is 5.09. The predicted octanol–water partition coefficient (Wildman–Crippen LogP) is 2.40. The molecule has 1 aliphatic rings. The molecular weight excluding hydrogens is 382 g/mol. The fraction of sp³-hybridized carbons (Fsp3) is 0.400. The highest BCUT2D eigenvalue weighted by atomic mass is 35.5. The van der Waals surface area contributed by atoms with E-state index in [0.29, 0.717) is 36.9 Å². The maximum absolute atomic E-state index is 12.2. The Bertz CT molecular complexity index is 894. The molecule has 3 rings (SSSR count). The van der Waals surface area contributed by atoms with E-state index in [1.54, 1.807) is 9.80 Å². The van der Waals surface area contributed by atoms with Gasteiger partial charge >= 0.3 is 5.97 Å². The fourth-order valence-electron chi connectivity index (χ4n) is 3.11. The van der Waals surface area contributed by atoms with Crippen LogP contribution in [-0.4, -0.2) is 58.7 Å². The van der Waals surface area contributed by atoms with Crippen LogP contribution in [0.4, 0.5) is 0 Å². The molecule has 2 amide bonds. The van der Waals surface area contributed by atoms with Crippen molar-refractivity contribution in [1.29, 1.82) is 0 Å². The number of pyridine rings is 1. The number of amides is 2. The smallest absolute Gasteiger partial charge is 0.306 e. The Morgan fingerprint density at radius 1 is 1.07 bits per heavy atom. The summed E-state index contributed by atoms with van der Waals surface area (Å²) in [5.74, 6) is -0.553. The van der Waals surface area contributed by atoms with Gasteiger partial charge in [-0.2, -0.15) is 0 Å². The number of rotatable bonds is 5. The third kappa shape index (κ3) is 4.98. The molecule has 0 atom stereocenters. The van der Waals surface area contributed by atoms with E-state index in [9.17, 15) is 14.4 Å². The van der Waals surface area contributed by atoms with Crippen LogP contribution >= 0.6 is 11.6 Å². The van der Waals surface area contributed by atoms with Gasteiger partial charge in [0, 0.05) is 50.5 Å². The number of carbonyl (C=O) groups excluding carboxylic acids is 3. The minimum atomic E-state index is -0.458. The molecule has 1 aromatic carbocycles. The molecule has 0 unspecified atom stereocenters. The minimum absolute atomic E-state index is 0.00435. The van der Waals surface area contributed by atoms with Crippen LogP contribution in [0.25, 0.3) is 10.9 Å². The standard InChI is InChI=1S/C20H22ClN3O4/c1-14(25)23-8-10-24(11-9-23)18(26)6-7-19(27)28-13-16-12-15-4-2-3-5-17(15)22-20(16)21/h2-5,12H,6-11,13H2,1H3. The number of carbonyl (C=O) groups is 3. The van der Waals surface area contributed by atoms with E-state index in [1.807, 2.05) is 30.3 Å². The molecule has 28 heavy (non-hydrogen) atoms. The average molecular weight is 404 g/mol. The summed E-state index contributed by atoms with van der Waals surface area (Å²) in [5.41, 5.74) is 1.40. The summed E-state index contributed by atoms with van der Waals surface area (Å²) in [6.45, 7) is 3.57. The van der Waals surface area contributed by atoms with Crippen LogP contribution in [0.15, 0.2) is 30.3 Å². The summed E-state index contributed by atoms with van der Waals surface area (Å²) in [6.07, 6.45) is 0.0903. The molecule has 7 nitrogen and oxygen atoms in total. The Morgan fingerprint density at radius 3 is 2.46 bits per heavy atom. The maximum Gasteiger partial charge on any atom is 0.306 e. The van der Waals surface area contributed by atoms with Crippen molar-refractivity contribution >= 4 is 40.3 Å². The molecule has 0 aliphatic carbocycles. The molecule has 1 aliphatic heterocycles. The molecule has 0 saturated carbocycles. The number of fused-ring (bicyclic) bond motifs is 1. The normalized spacial score (nSPS) is 14.2. The number of aromatic nitrogens is 1. The molecule has 0 radical (unpaired) electrons. The third-order valence-electron chi connectivity index (χ3n) is 4.76. The van der Waals surface area contributed by atoms with Gasteiger partial charge in [-0.1, -0.05) is 29.8 Å². The molecule has 8 heteroatoms. The SMILES string of the molecule is CC(=O)N1CCN(C(=O)CCC(=O)OCc2cc3ccccc3nc2Cl)CC1. The zero-order chi connectivity index (χ0) is 20.1. The summed E-state index contributed by atoms with van der Waals surface area (Å²) in [4.78, 5) is 43.2. The Balaban J connectivity index is 1.45. The number of hydrogen-bond acceptors (Lipinski definition) is 5. The Morgan fingerprint density at radius 2 is 1.75 bits per heavy atom. The number of hydrogen-bond donors (Lipinski definition) is 0. The van der Waals surface area contributed by atoms with Crippen molar-refractivity contribution in [2.24, 2.45) is 0 Å². The van der Waals surface area contributed by atoms with Gasteiger partial charge in [-0.05, 0) is 12.1 Å². The first kappa shape index (κ1) is 20.1. The maximum atomic E-state index is 12.2. The zero-order valence-corrected chi connectivity index (χ0v) is 16.4. The van der Waals surface area contributed by atoms with Crippen molar-refractivity contribution in [3.05, 3.63) is 41.0 Å². The van der Waals surface area contributed by atoms with Gasteiger partial charge < -0.3 is 14.5 Å². The first-order valence-electron chi connectivity index (χ1n) is 9.17. The second-order valence-corrected chi connectivity index (χ2v) is 7.04. The molecule has 2 heterocycles. The molecule has 0 N–H and O–H groups in total. The van der Waals surface area contributed by atoms with Gasteiger partial charge in [-0.15, -0.1) is 0 Å². The molecule has 2 aromatic rings. The lowest BCUT2D eigenvalue weighted by molar-refractivity contribution is -0.147. The van der Waals surface area contributed by atoms with E-state index in [0.717, 1.165) is 10.9 Å². The Labute approximate surface area is 168 Å². The van der Waals surface area contributed by atoms with E-state index >= 15 is 0 Å². The fourth-order valence-corrected chi connectivity index (χ4v) is 3.31. The van der Waals surface area contributed by atoms with Gasteiger partial charge in [-0.3, -0.25) is 14.4 Å². The lowest BCUT2D eigenvalue weighted by atomic mass is 10.2. The number of esters is 1. The van der Waals surface area contributed by atoms with Crippen molar-refractivity contribution in [2.45, 2.75) is 26.4 Å². The summed E-state index contributed by atoms with van der Waals surface area (Å²) in [5, 5.41) is 1.21. The van der Waals surface area contributed by atoms with Crippen LogP contribution in [-0.2, 0) is 25.7 Å². The minimum Gasteiger partial charge on any atom is -0.461 e. The van der Waals surface area contributed by atoms with Crippen LogP contribution in [0.1, 0.15) is 25.3 Å².